The van der Waals surface area contributed by atoms with Crippen LogP contribution in [0.4, 0.5) is 0 Å². The van der Waals surface area contributed by atoms with Crippen LogP contribution >= 0.6 is 0 Å². The number of methoxy groups -OCH3 is 1. The normalized spacial score (nSPS) is 14.4. The third-order valence-corrected chi connectivity index (χ3v) is 4.93. The van der Waals surface area contributed by atoms with Crippen molar-refractivity contribution in [2.45, 2.75) is 39.3 Å². The maximum absolute atomic E-state index is 5.63. The largest absolute Gasteiger partial charge is 0.444 e. The van der Waals surface area contributed by atoms with E-state index in [0.29, 0.717) is 12.4 Å². The number of rotatable bonds is 11. The number of ether oxygens (including phenoxy) is 1. The first kappa shape index (κ1) is 21.3. The van der Waals surface area contributed by atoms with E-state index in [1.807, 2.05) is 12.1 Å². The van der Waals surface area contributed by atoms with E-state index in [0.717, 1.165) is 56.0 Å². The number of hydrogen-bond donors (Lipinski definition) is 2. The molecule has 1 aromatic carbocycles. The maximum Gasteiger partial charge on any atom is 0.226 e. The van der Waals surface area contributed by atoms with Crippen LogP contribution in [0.1, 0.15) is 31.0 Å². The highest BCUT2D eigenvalue weighted by Gasteiger charge is 2.28. The van der Waals surface area contributed by atoms with Gasteiger partial charge in [-0.15, -0.1) is 0 Å². The molecule has 7 nitrogen and oxygen atoms in total. The molecular formula is C22H33N5O2. The SMILES string of the molecule is CCNC(=NCc1coc(-c2ccc(C)cc2)n1)NCCN(CCOC)C1CC1. The van der Waals surface area contributed by atoms with Crippen molar-refractivity contribution >= 4 is 5.96 Å². The van der Waals surface area contributed by atoms with Crippen LogP contribution in [0.2, 0.25) is 0 Å². The molecule has 2 aromatic rings. The summed E-state index contributed by atoms with van der Waals surface area (Å²) in [5, 5.41) is 6.72. The maximum atomic E-state index is 5.63. The summed E-state index contributed by atoms with van der Waals surface area (Å²) in [7, 11) is 1.76. The number of aromatic nitrogens is 1. The van der Waals surface area contributed by atoms with Crippen molar-refractivity contribution < 1.29 is 9.15 Å². The van der Waals surface area contributed by atoms with Gasteiger partial charge >= 0.3 is 0 Å². The molecule has 2 N–H and O–H groups in total. The predicted molar refractivity (Wildman–Crippen MR) is 116 cm³/mol. The molecule has 1 aliphatic rings. The van der Waals surface area contributed by atoms with Crippen LogP contribution in [0.5, 0.6) is 0 Å². The van der Waals surface area contributed by atoms with Crippen LogP contribution in [0.15, 0.2) is 39.9 Å². The standard InChI is InChI=1S/C22H33N5O2/c1-4-23-22(24-11-12-27(13-14-28-3)20-9-10-20)25-15-19-16-29-21(26-19)18-7-5-17(2)6-8-18/h5-8,16,20H,4,9-15H2,1-3H3,(H2,23,24,25). The lowest BCUT2D eigenvalue weighted by molar-refractivity contribution is 0.144. The minimum absolute atomic E-state index is 0.473. The number of oxazole rings is 1. The molecule has 0 unspecified atom stereocenters. The first-order valence-electron chi connectivity index (χ1n) is 10.5. The van der Waals surface area contributed by atoms with Crippen molar-refractivity contribution in [1.29, 1.82) is 0 Å². The van der Waals surface area contributed by atoms with E-state index < -0.39 is 0 Å². The van der Waals surface area contributed by atoms with Gasteiger partial charge in [-0.05, 0) is 38.8 Å². The van der Waals surface area contributed by atoms with E-state index >= 15 is 0 Å². The summed E-state index contributed by atoms with van der Waals surface area (Å²) >= 11 is 0. The number of aliphatic imine (C=N–C) groups is 1. The van der Waals surface area contributed by atoms with Gasteiger partial charge in [-0.1, -0.05) is 17.7 Å². The van der Waals surface area contributed by atoms with Crippen molar-refractivity contribution in [3.05, 3.63) is 41.8 Å². The molecule has 0 radical (unpaired) electrons. The van der Waals surface area contributed by atoms with E-state index in [2.05, 4.69) is 51.5 Å². The number of nitrogens with zero attached hydrogens (tertiary/aromatic N) is 3. The molecule has 0 saturated heterocycles. The Kier molecular flexibility index (Phi) is 8.07. The van der Waals surface area contributed by atoms with Crippen LogP contribution in [-0.2, 0) is 11.3 Å². The minimum atomic E-state index is 0.473. The summed E-state index contributed by atoms with van der Waals surface area (Å²) in [6.45, 7) is 9.01. The average molecular weight is 400 g/mol. The summed E-state index contributed by atoms with van der Waals surface area (Å²) in [6.07, 6.45) is 4.28. The van der Waals surface area contributed by atoms with Gasteiger partial charge in [-0.3, -0.25) is 4.90 Å². The van der Waals surface area contributed by atoms with Gasteiger partial charge in [-0.25, -0.2) is 9.98 Å². The highest BCUT2D eigenvalue weighted by atomic mass is 16.5. The van der Waals surface area contributed by atoms with Crippen LogP contribution < -0.4 is 10.6 Å². The third kappa shape index (κ3) is 6.87. The molecule has 0 atom stereocenters. The Balaban J connectivity index is 1.51. The number of hydrogen-bond acceptors (Lipinski definition) is 5. The second-order valence-corrected chi connectivity index (χ2v) is 7.39. The monoisotopic (exact) mass is 399 g/mol. The fourth-order valence-electron chi connectivity index (χ4n) is 3.15. The van der Waals surface area contributed by atoms with Crippen molar-refractivity contribution in [3.8, 4) is 11.5 Å². The highest BCUT2D eigenvalue weighted by Crippen LogP contribution is 2.26. The number of nitrogens with one attached hydrogen (secondary N) is 2. The van der Waals surface area contributed by atoms with Crippen LogP contribution in [0, 0.1) is 6.92 Å². The number of benzene rings is 1. The zero-order chi connectivity index (χ0) is 20.5. The Bertz CT molecular complexity index is 768. The molecule has 0 bridgehead atoms. The molecule has 3 rings (SSSR count). The Labute approximate surface area is 173 Å². The molecular weight excluding hydrogens is 366 g/mol. The van der Waals surface area contributed by atoms with Gasteiger partial charge in [0.1, 0.15) is 12.0 Å². The Morgan fingerprint density at radius 1 is 1.24 bits per heavy atom. The lowest BCUT2D eigenvalue weighted by Crippen LogP contribution is -2.42. The summed E-state index contributed by atoms with van der Waals surface area (Å²) in [4.78, 5) is 11.7. The fourth-order valence-corrected chi connectivity index (χ4v) is 3.15. The van der Waals surface area contributed by atoms with E-state index in [1.165, 1.54) is 18.4 Å². The molecule has 0 aliphatic heterocycles. The predicted octanol–water partition coefficient (Wildman–Crippen LogP) is 2.82. The summed E-state index contributed by atoms with van der Waals surface area (Å²) in [5.41, 5.74) is 3.01. The molecule has 1 aromatic heterocycles. The topological polar surface area (TPSA) is 74.9 Å². The number of guanidine groups is 1. The zero-order valence-electron chi connectivity index (χ0n) is 17.8. The van der Waals surface area contributed by atoms with Crippen molar-refractivity contribution in [3.63, 3.8) is 0 Å². The van der Waals surface area contributed by atoms with Gasteiger partial charge in [0.15, 0.2) is 5.96 Å². The Morgan fingerprint density at radius 3 is 2.72 bits per heavy atom. The second-order valence-electron chi connectivity index (χ2n) is 7.39. The summed E-state index contributed by atoms with van der Waals surface area (Å²) in [5.74, 6) is 1.43. The van der Waals surface area contributed by atoms with Crippen molar-refractivity contribution in [2.24, 2.45) is 4.99 Å². The molecule has 1 heterocycles. The molecule has 1 fully saturated rings. The molecule has 0 amide bonds. The first-order chi connectivity index (χ1) is 14.2. The highest BCUT2D eigenvalue weighted by molar-refractivity contribution is 5.79. The molecule has 1 saturated carbocycles. The second kappa shape index (κ2) is 11.0. The molecule has 7 heteroatoms. The van der Waals surface area contributed by atoms with E-state index in [-0.39, 0.29) is 0 Å². The van der Waals surface area contributed by atoms with Crippen molar-refractivity contribution in [1.82, 2.24) is 20.5 Å². The quantitative estimate of drug-likeness (QED) is 0.447. The van der Waals surface area contributed by atoms with Crippen LogP contribution in [0.3, 0.4) is 0 Å². The molecule has 1 aliphatic carbocycles. The van der Waals surface area contributed by atoms with Crippen LogP contribution in [-0.4, -0.2) is 61.8 Å². The van der Waals surface area contributed by atoms with E-state index in [4.69, 9.17) is 9.15 Å². The third-order valence-electron chi connectivity index (χ3n) is 4.93. The van der Waals surface area contributed by atoms with E-state index in [1.54, 1.807) is 13.4 Å². The first-order valence-corrected chi connectivity index (χ1v) is 10.5. The number of aryl methyl sites for hydroxylation is 1. The summed E-state index contributed by atoms with van der Waals surface area (Å²) in [6, 6.07) is 8.88. The average Bonchev–Trinajstić information content (AvgIpc) is 3.46. The van der Waals surface area contributed by atoms with Crippen molar-refractivity contribution in [2.75, 3.05) is 39.9 Å². The van der Waals surface area contributed by atoms with Gasteiger partial charge in [0, 0.05) is 44.9 Å². The Morgan fingerprint density at radius 2 is 2.03 bits per heavy atom. The molecule has 158 valence electrons. The van der Waals surface area contributed by atoms with Gasteiger partial charge < -0.3 is 19.8 Å². The Hall–Kier alpha value is -2.38. The lowest BCUT2D eigenvalue weighted by atomic mass is 10.1. The molecule has 29 heavy (non-hydrogen) atoms. The van der Waals surface area contributed by atoms with Gasteiger partial charge in [0.2, 0.25) is 5.89 Å². The molecule has 0 spiro atoms. The fraction of sp³-hybridized carbons (Fsp3) is 0.545. The lowest BCUT2D eigenvalue weighted by Gasteiger charge is -2.22. The van der Waals surface area contributed by atoms with Gasteiger partial charge in [-0.2, -0.15) is 0 Å². The van der Waals surface area contributed by atoms with Gasteiger partial charge in [0.25, 0.3) is 0 Å². The van der Waals surface area contributed by atoms with E-state index in [9.17, 15) is 0 Å². The minimum Gasteiger partial charge on any atom is -0.444 e. The summed E-state index contributed by atoms with van der Waals surface area (Å²) < 4.78 is 10.9. The zero-order valence-corrected chi connectivity index (χ0v) is 17.8. The smallest absolute Gasteiger partial charge is 0.226 e. The van der Waals surface area contributed by atoms with Gasteiger partial charge in [0.05, 0.1) is 13.2 Å². The van der Waals surface area contributed by atoms with Crippen LogP contribution in [0.25, 0.3) is 11.5 Å².